The third-order valence-electron chi connectivity index (χ3n) is 4.77. The number of aromatic nitrogens is 3. The first kappa shape index (κ1) is 14.5. The zero-order chi connectivity index (χ0) is 15.6. The lowest BCUT2D eigenvalue weighted by molar-refractivity contribution is 0.285. The van der Waals surface area contributed by atoms with Gasteiger partial charge in [0, 0.05) is 48.0 Å². The number of aromatic amines is 2. The summed E-state index contributed by atoms with van der Waals surface area (Å²) in [5, 5.41) is 11.7. The van der Waals surface area contributed by atoms with Crippen molar-refractivity contribution in [2.45, 2.75) is 19.9 Å². The first-order valence-electron chi connectivity index (χ1n) is 8.35. The first-order chi connectivity index (χ1) is 11.3. The smallest absolute Gasteiger partial charge is 0.0565 e. The molecule has 23 heavy (non-hydrogen) atoms. The Morgan fingerprint density at radius 2 is 2.13 bits per heavy atom. The second kappa shape index (κ2) is 6.18. The summed E-state index contributed by atoms with van der Waals surface area (Å²) < 4.78 is 0. The van der Waals surface area contributed by atoms with Gasteiger partial charge < -0.3 is 10.3 Å². The molecule has 0 unspecified atom stereocenters. The second-order valence-corrected chi connectivity index (χ2v) is 6.36. The number of rotatable bonds is 3. The van der Waals surface area contributed by atoms with Crippen LogP contribution in [0.2, 0.25) is 0 Å². The van der Waals surface area contributed by atoms with Crippen LogP contribution in [0.25, 0.3) is 22.0 Å². The molecule has 0 radical (unpaired) electrons. The van der Waals surface area contributed by atoms with E-state index in [1.807, 2.05) is 12.4 Å². The summed E-state index contributed by atoms with van der Waals surface area (Å²) in [6.45, 7) is 7.73. The molecule has 120 valence electrons. The number of hydrogen-bond donors (Lipinski definition) is 3. The third-order valence-corrected chi connectivity index (χ3v) is 4.77. The minimum absolute atomic E-state index is 1.03. The van der Waals surface area contributed by atoms with Gasteiger partial charge in [-0.3, -0.25) is 10.00 Å². The Balaban J connectivity index is 1.65. The van der Waals surface area contributed by atoms with Crippen molar-refractivity contribution in [3.05, 3.63) is 41.9 Å². The van der Waals surface area contributed by atoms with Crippen molar-refractivity contribution in [3.63, 3.8) is 0 Å². The fraction of sp³-hybridized carbons (Fsp3) is 0.389. The van der Waals surface area contributed by atoms with Crippen LogP contribution in [0.3, 0.4) is 0 Å². The molecule has 1 aliphatic rings. The summed E-state index contributed by atoms with van der Waals surface area (Å²) in [7, 11) is 0. The standard InChI is InChI=1S/C18H23N5/c1-13-17(12-23-7-2-5-19-6-8-23)16-4-3-14(9-18(16)22-13)15-10-20-21-11-15/h3-4,9-11,19,22H,2,5-8,12H2,1H3,(H,20,21). The average Bonchev–Trinajstić information content (AvgIpc) is 3.10. The third kappa shape index (κ3) is 2.90. The molecule has 5 heteroatoms. The van der Waals surface area contributed by atoms with Gasteiger partial charge in [0.1, 0.15) is 0 Å². The number of nitrogens with zero attached hydrogens (tertiary/aromatic N) is 2. The Hall–Kier alpha value is -2.11. The second-order valence-electron chi connectivity index (χ2n) is 6.36. The van der Waals surface area contributed by atoms with Crippen LogP contribution < -0.4 is 5.32 Å². The molecule has 1 aliphatic heterocycles. The molecule has 3 N–H and O–H groups in total. The number of hydrogen-bond acceptors (Lipinski definition) is 3. The van der Waals surface area contributed by atoms with E-state index in [2.05, 4.69) is 50.5 Å². The van der Waals surface area contributed by atoms with Crippen molar-refractivity contribution in [2.24, 2.45) is 0 Å². The minimum Gasteiger partial charge on any atom is -0.358 e. The van der Waals surface area contributed by atoms with Crippen molar-refractivity contribution in [1.82, 2.24) is 25.4 Å². The molecule has 3 heterocycles. The van der Waals surface area contributed by atoms with Gasteiger partial charge in [-0.2, -0.15) is 5.10 Å². The highest BCUT2D eigenvalue weighted by atomic mass is 15.1. The molecular weight excluding hydrogens is 286 g/mol. The van der Waals surface area contributed by atoms with Crippen molar-refractivity contribution in [1.29, 1.82) is 0 Å². The van der Waals surface area contributed by atoms with Gasteiger partial charge in [0.15, 0.2) is 0 Å². The minimum atomic E-state index is 1.03. The van der Waals surface area contributed by atoms with E-state index in [0.29, 0.717) is 0 Å². The maximum absolute atomic E-state index is 4.04. The van der Waals surface area contributed by atoms with E-state index in [1.54, 1.807) is 0 Å². The summed E-state index contributed by atoms with van der Waals surface area (Å²) >= 11 is 0. The lowest BCUT2D eigenvalue weighted by atomic mass is 10.1. The summed E-state index contributed by atoms with van der Waals surface area (Å²) in [5.41, 5.74) is 6.24. The number of fused-ring (bicyclic) bond motifs is 1. The average molecular weight is 309 g/mol. The molecular formula is C18H23N5. The predicted octanol–water partition coefficient (Wildman–Crippen LogP) is 2.66. The van der Waals surface area contributed by atoms with Crippen molar-refractivity contribution < 1.29 is 0 Å². The van der Waals surface area contributed by atoms with E-state index in [0.717, 1.165) is 31.7 Å². The van der Waals surface area contributed by atoms with Gasteiger partial charge in [0.25, 0.3) is 0 Å². The topological polar surface area (TPSA) is 59.7 Å². The molecule has 1 fully saturated rings. The quantitative estimate of drug-likeness (QED) is 0.697. The lowest BCUT2D eigenvalue weighted by Crippen LogP contribution is -2.27. The van der Waals surface area contributed by atoms with Crippen LogP contribution in [0.4, 0.5) is 0 Å². The zero-order valence-corrected chi connectivity index (χ0v) is 13.5. The van der Waals surface area contributed by atoms with Gasteiger partial charge >= 0.3 is 0 Å². The van der Waals surface area contributed by atoms with Crippen molar-refractivity contribution in [3.8, 4) is 11.1 Å². The molecule has 2 aromatic heterocycles. The van der Waals surface area contributed by atoms with Crippen molar-refractivity contribution in [2.75, 3.05) is 26.2 Å². The van der Waals surface area contributed by atoms with Crippen LogP contribution in [0.5, 0.6) is 0 Å². The Morgan fingerprint density at radius 1 is 1.17 bits per heavy atom. The SMILES string of the molecule is Cc1[nH]c2cc(-c3cn[nH]c3)ccc2c1CN1CCCNCC1. The van der Waals surface area contributed by atoms with E-state index in [1.165, 1.54) is 40.7 Å². The molecule has 0 aliphatic carbocycles. The van der Waals surface area contributed by atoms with Crippen LogP contribution in [0.1, 0.15) is 17.7 Å². The summed E-state index contributed by atoms with van der Waals surface area (Å²) in [4.78, 5) is 6.12. The van der Waals surface area contributed by atoms with Crippen molar-refractivity contribution >= 4 is 10.9 Å². The highest BCUT2D eigenvalue weighted by molar-refractivity contribution is 5.88. The van der Waals surface area contributed by atoms with Gasteiger partial charge in [0.2, 0.25) is 0 Å². The van der Waals surface area contributed by atoms with Gasteiger partial charge in [-0.25, -0.2) is 0 Å². The maximum Gasteiger partial charge on any atom is 0.0565 e. The van der Waals surface area contributed by atoms with E-state index >= 15 is 0 Å². The number of benzene rings is 1. The molecule has 0 saturated carbocycles. The fourth-order valence-corrected chi connectivity index (χ4v) is 3.47. The molecule has 0 bridgehead atoms. The highest BCUT2D eigenvalue weighted by Crippen LogP contribution is 2.28. The number of H-pyrrole nitrogens is 2. The van der Waals surface area contributed by atoms with Crippen LogP contribution >= 0.6 is 0 Å². The highest BCUT2D eigenvalue weighted by Gasteiger charge is 2.15. The fourth-order valence-electron chi connectivity index (χ4n) is 3.47. The zero-order valence-electron chi connectivity index (χ0n) is 13.5. The number of nitrogens with one attached hydrogen (secondary N) is 3. The molecule has 4 rings (SSSR count). The molecule has 0 atom stereocenters. The van der Waals surface area contributed by atoms with E-state index < -0.39 is 0 Å². The maximum atomic E-state index is 4.04. The predicted molar refractivity (Wildman–Crippen MR) is 93.4 cm³/mol. The summed E-state index contributed by atoms with van der Waals surface area (Å²) in [6, 6.07) is 6.65. The van der Waals surface area contributed by atoms with Crippen LogP contribution in [-0.2, 0) is 6.54 Å². The summed E-state index contributed by atoms with van der Waals surface area (Å²) in [6.07, 6.45) is 5.02. The van der Waals surface area contributed by atoms with Gasteiger partial charge in [0.05, 0.1) is 6.20 Å². The van der Waals surface area contributed by atoms with Crippen LogP contribution in [0.15, 0.2) is 30.6 Å². The Kier molecular flexibility index (Phi) is 3.89. The van der Waals surface area contributed by atoms with Crippen LogP contribution in [0, 0.1) is 6.92 Å². The number of aryl methyl sites for hydroxylation is 1. The van der Waals surface area contributed by atoms with Gasteiger partial charge in [-0.1, -0.05) is 12.1 Å². The monoisotopic (exact) mass is 309 g/mol. The normalized spacial score (nSPS) is 16.7. The molecule has 3 aromatic rings. The van der Waals surface area contributed by atoms with Crippen LogP contribution in [-0.4, -0.2) is 46.3 Å². The Bertz CT molecular complexity index is 779. The Morgan fingerprint density at radius 3 is 3.00 bits per heavy atom. The van der Waals surface area contributed by atoms with Gasteiger partial charge in [-0.15, -0.1) is 0 Å². The van der Waals surface area contributed by atoms with E-state index in [9.17, 15) is 0 Å². The first-order valence-corrected chi connectivity index (χ1v) is 8.35. The van der Waals surface area contributed by atoms with E-state index in [4.69, 9.17) is 0 Å². The molecule has 5 nitrogen and oxygen atoms in total. The van der Waals surface area contributed by atoms with E-state index in [-0.39, 0.29) is 0 Å². The Labute approximate surface area is 136 Å². The largest absolute Gasteiger partial charge is 0.358 e. The molecule has 1 aromatic carbocycles. The summed E-state index contributed by atoms with van der Waals surface area (Å²) in [5.74, 6) is 0. The van der Waals surface area contributed by atoms with Gasteiger partial charge in [-0.05, 0) is 43.6 Å². The molecule has 1 saturated heterocycles. The molecule has 0 spiro atoms. The lowest BCUT2D eigenvalue weighted by Gasteiger charge is -2.19. The molecule has 0 amide bonds.